The van der Waals surface area contributed by atoms with Crippen LogP contribution in [0.4, 0.5) is 17.6 Å². The van der Waals surface area contributed by atoms with E-state index >= 15 is 0 Å². The van der Waals surface area contributed by atoms with E-state index in [1.807, 2.05) is 0 Å². The van der Waals surface area contributed by atoms with Gasteiger partial charge in [0.2, 0.25) is 0 Å². The van der Waals surface area contributed by atoms with Gasteiger partial charge in [-0.15, -0.1) is 8.78 Å². The highest BCUT2D eigenvalue weighted by molar-refractivity contribution is 9.10. The van der Waals surface area contributed by atoms with Gasteiger partial charge in [0.05, 0.1) is 4.47 Å². The molecule has 7 heteroatoms. The van der Waals surface area contributed by atoms with Crippen LogP contribution in [0, 0.1) is 11.6 Å². The monoisotopic (exact) mass is 292 g/mol. The fourth-order valence-corrected chi connectivity index (χ4v) is 1.04. The van der Waals surface area contributed by atoms with Gasteiger partial charge >= 0.3 is 5.57 Å². The van der Waals surface area contributed by atoms with Gasteiger partial charge in [-0.1, -0.05) is 0 Å². The molecule has 1 aromatic rings. The summed E-state index contributed by atoms with van der Waals surface area (Å²) in [5.41, 5.74) is -3.99. The van der Waals surface area contributed by atoms with E-state index in [4.69, 9.17) is 0 Å². The zero-order chi connectivity index (χ0) is 10.9. The Labute approximate surface area is 89.7 Å². The third-order valence-electron chi connectivity index (χ3n) is 1.19. The van der Waals surface area contributed by atoms with Crippen molar-refractivity contribution in [3.8, 4) is 5.75 Å². The van der Waals surface area contributed by atoms with Crippen molar-refractivity contribution in [2.75, 3.05) is 0 Å². The molecular formula is C7H2BrClF4O. The first-order valence-corrected chi connectivity index (χ1v) is 4.37. The van der Waals surface area contributed by atoms with Crippen LogP contribution in [0.2, 0.25) is 0 Å². The second-order valence-electron chi connectivity index (χ2n) is 2.25. The van der Waals surface area contributed by atoms with E-state index in [1.54, 1.807) is 0 Å². The van der Waals surface area contributed by atoms with Gasteiger partial charge in [-0.25, -0.2) is 8.78 Å². The first kappa shape index (κ1) is 11.6. The van der Waals surface area contributed by atoms with E-state index in [1.165, 1.54) is 0 Å². The van der Waals surface area contributed by atoms with E-state index in [0.717, 1.165) is 0 Å². The number of rotatable bonds is 2. The van der Waals surface area contributed by atoms with Crippen molar-refractivity contribution >= 4 is 27.5 Å². The van der Waals surface area contributed by atoms with Crippen LogP contribution in [0.15, 0.2) is 16.6 Å². The molecule has 78 valence electrons. The minimum atomic E-state index is -3.99. The Bertz CT molecular complexity index is 329. The molecule has 0 bridgehead atoms. The highest BCUT2D eigenvalue weighted by Gasteiger charge is 2.28. The van der Waals surface area contributed by atoms with Gasteiger partial charge in [0.15, 0.2) is 0 Å². The molecule has 0 saturated carbocycles. The largest absolute Gasteiger partial charge is 0.487 e. The molecule has 1 nitrogen and oxygen atoms in total. The number of benzene rings is 1. The Kier molecular flexibility index (Phi) is 3.26. The van der Waals surface area contributed by atoms with Crippen molar-refractivity contribution in [3.05, 3.63) is 28.2 Å². The molecule has 0 aliphatic rings. The van der Waals surface area contributed by atoms with Crippen LogP contribution in [-0.2, 0) is 0 Å². The molecule has 0 N–H and O–H groups in total. The van der Waals surface area contributed by atoms with Gasteiger partial charge in [-0.2, -0.15) is 0 Å². The number of alkyl halides is 3. The number of halogens is 6. The number of ether oxygens (including phenoxy) is 1. The smallest absolute Gasteiger partial charge is 0.420 e. The second kappa shape index (κ2) is 3.94. The van der Waals surface area contributed by atoms with Crippen molar-refractivity contribution in [2.45, 2.75) is 5.57 Å². The summed E-state index contributed by atoms with van der Waals surface area (Å²) in [5, 5.41) is 0. The van der Waals surface area contributed by atoms with Gasteiger partial charge in [0, 0.05) is 23.7 Å². The predicted octanol–water partition coefficient (Wildman–Crippen LogP) is 3.90. The van der Waals surface area contributed by atoms with Crippen LogP contribution in [-0.4, -0.2) is 5.57 Å². The second-order valence-corrected chi connectivity index (χ2v) is 3.48. The number of hydrogen-bond donors (Lipinski definition) is 0. The van der Waals surface area contributed by atoms with Crippen molar-refractivity contribution < 1.29 is 22.3 Å². The lowest BCUT2D eigenvalue weighted by Crippen LogP contribution is -2.15. The molecule has 0 aliphatic carbocycles. The molecule has 0 fully saturated rings. The van der Waals surface area contributed by atoms with Gasteiger partial charge in [0.25, 0.3) is 0 Å². The molecule has 0 heterocycles. The molecule has 1 rings (SSSR count). The van der Waals surface area contributed by atoms with Crippen molar-refractivity contribution in [1.82, 2.24) is 0 Å². The van der Waals surface area contributed by atoms with Crippen LogP contribution in [0.25, 0.3) is 0 Å². The highest BCUT2D eigenvalue weighted by Crippen LogP contribution is 2.29. The zero-order valence-electron chi connectivity index (χ0n) is 6.33. The summed E-state index contributed by atoms with van der Waals surface area (Å²) < 4.78 is 52.9. The van der Waals surface area contributed by atoms with Crippen LogP contribution < -0.4 is 4.74 Å². The standard InChI is InChI=1S/C7H2BrClF4O/c8-6-4(10)1-3(2-5(6)11)14-7(9,12)13/h1-2H. The predicted molar refractivity (Wildman–Crippen MR) is 45.5 cm³/mol. The van der Waals surface area contributed by atoms with E-state index in [-0.39, 0.29) is 0 Å². The summed E-state index contributed by atoms with van der Waals surface area (Å²) in [4.78, 5) is 0. The quantitative estimate of drug-likeness (QED) is 0.456. The Hall–Kier alpha value is -0.490. The Morgan fingerprint density at radius 3 is 2.00 bits per heavy atom. The van der Waals surface area contributed by atoms with Crippen molar-refractivity contribution in [3.63, 3.8) is 0 Å². The third kappa shape index (κ3) is 3.02. The minimum absolute atomic E-state index is 0.456. The molecule has 1 aromatic carbocycles. The molecule has 0 radical (unpaired) electrons. The summed E-state index contributed by atoms with van der Waals surface area (Å²) in [6, 6.07) is 1.17. The first-order valence-electron chi connectivity index (χ1n) is 3.20. The van der Waals surface area contributed by atoms with E-state index in [9.17, 15) is 17.6 Å². The lowest BCUT2D eigenvalue weighted by Gasteiger charge is -2.10. The maximum Gasteiger partial charge on any atom is 0.487 e. The normalized spacial score (nSPS) is 11.6. The van der Waals surface area contributed by atoms with Gasteiger partial charge in [-0.05, 0) is 15.9 Å². The average molecular weight is 293 g/mol. The third-order valence-corrected chi connectivity index (χ3v) is 2.03. The highest BCUT2D eigenvalue weighted by atomic mass is 79.9. The lowest BCUT2D eigenvalue weighted by molar-refractivity contribution is -0.0967. The summed E-state index contributed by atoms with van der Waals surface area (Å²) in [5.74, 6) is -2.80. The summed E-state index contributed by atoms with van der Waals surface area (Å²) in [6.45, 7) is 0. The molecule has 14 heavy (non-hydrogen) atoms. The van der Waals surface area contributed by atoms with Crippen LogP contribution in [0.1, 0.15) is 0 Å². The fraction of sp³-hybridized carbons (Fsp3) is 0.143. The van der Waals surface area contributed by atoms with E-state index in [2.05, 4.69) is 32.3 Å². The average Bonchev–Trinajstić information content (AvgIpc) is 1.96. The first-order chi connectivity index (χ1) is 6.29. The molecule has 0 atom stereocenters. The topological polar surface area (TPSA) is 9.23 Å². The minimum Gasteiger partial charge on any atom is -0.420 e. The van der Waals surface area contributed by atoms with Crippen LogP contribution in [0.5, 0.6) is 5.75 Å². The van der Waals surface area contributed by atoms with Gasteiger partial charge in [-0.3, -0.25) is 0 Å². The van der Waals surface area contributed by atoms with Crippen LogP contribution in [0.3, 0.4) is 0 Å². The maximum absolute atomic E-state index is 12.8. The van der Waals surface area contributed by atoms with Crippen molar-refractivity contribution in [1.29, 1.82) is 0 Å². The fourth-order valence-electron chi connectivity index (χ4n) is 0.725. The molecule has 0 saturated heterocycles. The van der Waals surface area contributed by atoms with E-state index < -0.39 is 27.4 Å². The lowest BCUT2D eigenvalue weighted by atomic mass is 10.3. The zero-order valence-corrected chi connectivity index (χ0v) is 8.67. The molecule has 0 amide bonds. The molecule has 0 unspecified atom stereocenters. The Morgan fingerprint density at radius 1 is 1.21 bits per heavy atom. The summed E-state index contributed by atoms with van der Waals surface area (Å²) in [6.07, 6.45) is 0. The molecular weight excluding hydrogens is 291 g/mol. The molecule has 0 aliphatic heterocycles. The number of hydrogen-bond acceptors (Lipinski definition) is 1. The molecule has 0 spiro atoms. The SMILES string of the molecule is Fc1cc(OC(F)(F)Cl)cc(F)c1Br. The van der Waals surface area contributed by atoms with Gasteiger partial charge in [0.1, 0.15) is 17.4 Å². The summed E-state index contributed by atoms with van der Waals surface area (Å²) >= 11 is 6.97. The van der Waals surface area contributed by atoms with Gasteiger partial charge < -0.3 is 4.74 Å². The maximum atomic E-state index is 12.8. The Morgan fingerprint density at radius 2 is 1.64 bits per heavy atom. The summed E-state index contributed by atoms with van der Waals surface area (Å²) in [7, 11) is 0. The Balaban J connectivity index is 3.02. The van der Waals surface area contributed by atoms with E-state index in [0.29, 0.717) is 12.1 Å². The van der Waals surface area contributed by atoms with Crippen LogP contribution >= 0.6 is 27.5 Å². The molecule has 0 aromatic heterocycles. The van der Waals surface area contributed by atoms with Crippen molar-refractivity contribution in [2.24, 2.45) is 0 Å².